The Balaban J connectivity index is 1.56. The Morgan fingerprint density at radius 3 is 2.62 bits per heavy atom. The second-order valence-corrected chi connectivity index (χ2v) is 8.18. The molecular formula is C20H27N5O. The van der Waals surface area contributed by atoms with Crippen LogP contribution in [0.3, 0.4) is 0 Å². The lowest BCUT2D eigenvalue weighted by molar-refractivity contribution is -0.141. The quantitative estimate of drug-likeness (QED) is 0.916. The number of carbonyl (C=O) groups excluding carboxylic acids is 1. The van der Waals surface area contributed by atoms with Crippen LogP contribution < -0.4 is 0 Å². The van der Waals surface area contributed by atoms with Gasteiger partial charge in [0.1, 0.15) is 5.82 Å². The largest absolute Gasteiger partial charge is 0.342 e. The molecule has 2 aliphatic heterocycles. The van der Waals surface area contributed by atoms with Gasteiger partial charge in [-0.2, -0.15) is 5.10 Å². The predicted molar refractivity (Wildman–Crippen MR) is 99.6 cm³/mol. The molecule has 4 rings (SSSR count). The van der Waals surface area contributed by atoms with Crippen LogP contribution in [-0.4, -0.2) is 57.1 Å². The van der Waals surface area contributed by atoms with Gasteiger partial charge in [0.15, 0.2) is 5.82 Å². The van der Waals surface area contributed by atoms with Gasteiger partial charge in [0.25, 0.3) is 0 Å². The molecule has 0 radical (unpaired) electrons. The highest BCUT2D eigenvalue weighted by Crippen LogP contribution is 2.48. The molecule has 26 heavy (non-hydrogen) atoms. The average Bonchev–Trinajstić information content (AvgIpc) is 3.18. The molecule has 1 spiro atoms. The fraction of sp³-hybridized carbons (Fsp3) is 0.550. The minimum absolute atomic E-state index is 0.0915. The summed E-state index contributed by atoms with van der Waals surface area (Å²) in [4.78, 5) is 21.0. The molecule has 3 heterocycles. The van der Waals surface area contributed by atoms with Gasteiger partial charge in [-0.05, 0) is 5.56 Å². The Kier molecular flexibility index (Phi) is 4.31. The molecule has 2 aromatic rings. The summed E-state index contributed by atoms with van der Waals surface area (Å²) >= 11 is 0. The maximum absolute atomic E-state index is 11.8. The molecule has 1 aromatic carbocycles. The third-order valence-corrected chi connectivity index (χ3v) is 5.79. The third kappa shape index (κ3) is 3.03. The number of hydrogen-bond acceptors (Lipinski definition) is 4. The maximum atomic E-state index is 11.8. The number of nitrogens with one attached hydrogen (secondary N) is 1. The lowest BCUT2D eigenvalue weighted by Gasteiger charge is -2.50. The number of nitrogens with zero attached hydrogens (tertiary/aromatic N) is 4. The van der Waals surface area contributed by atoms with Crippen LogP contribution in [0.1, 0.15) is 49.8 Å². The molecule has 1 unspecified atom stereocenters. The van der Waals surface area contributed by atoms with E-state index in [4.69, 9.17) is 4.98 Å². The number of hydrogen-bond donors (Lipinski definition) is 1. The zero-order valence-corrected chi connectivity index (χ0v) is 15.8. The normalized spacial score (nSPS) is 22.2. The second-order valence-electron chi connectivity index (χ2n) is 8.18. The Bertz CT molecular complexity index is 779. The number of aromatic nitrogens is 3. The van der Waals surface area contributed by atoms with Crippen LogP contribution in [0.4, 0.5) is 0 Å². The van der Waals surface area contributed by atoms with Crippen LogP contribution >= 0.6 is 0 Å². The van der Waals surface area contributed by atoms with Crippen molar-refractivity contribution in [3.63, 3.8) is 0 Å². The van der Waals surface area contributed by atoms with Gasteiger partial charge in [0.05, 0.1) is 0 Å². The molecule has 0 aliphatic carbocycles. The summed E-state index contributed by atoms with van der Waals surface area (Å²) in [5.41, 5.74) is 1.42. The summed E-state index contributed by atoms with van der Waals surface area (Å²) in [5.74, 6) is 2.62. The molecule has 1 aromatic heterocycles. The molecular weight excluding hydrogens is 326 g/mol. The van der Waals surface area contributed by atoms with Gasteiger partial charge in [-0.1, -0.05) is 44.2 Å². The molecule has 6 nitrogen and oxygen atoms in total. The van der Waals surface area contributed by atoms with E-state index < -0.39 is 0 Å². The van der Waals surface area contributed by atoms with E-state index in [1.54, 1.807) is 6.92 Å². The summed E-state index contributed by atoms with van der Waals surface area (Å²) in [6.07, 6.45) is 0. The maximum Gasteiger partial charge on any atom is 0.219 e. The second kappa shape index (κ2) is 6.50. The van der Waals surface area contributed by atoms with Crippen molar-refractivity contribution in [2.75, 3.05) is 26.2 Å². The third-order valence-electron chi connectivity index (χ3n) is 5.79. The van der Waals surface area contributed by atoms with E-state index in [-0.39, 0.29) is 11.3 Å². The molecule has 1 N–H and O–H groups in total. The molecule has 2 fully saturated rings. The van der Waals surface area contributed by atoms with Crippen molar-refractivity contribution < 1.29 is 4.79 Å². The summed E-state index contributed by atoms with van der Waals surface area (Å²) in [5, 5.41) is 7.60. The van der Waals surface area contributed by atoms with Gasteiger partial charge >= 0.3 is 0 Å². The number of rotatable bonds is 4. The highest BCUT2D eigenvalue weighted by Gasteiger charge is 2.56. The summed E-state index contributed by atoms with van der Waals surface area (Å²) in [6.45, 7) is 10.4. The van der Waals surface area contributed by atoms with Crippen LogP contribution in [0.25, 0.3) is 0 Å². The van der Waals surface area contributed by atoms with Crippen LogP contribution in [0.2, 0.25) is 0 Å². The molecule has 2 saturated heterocycles. The first kappa shape index (κ1) is 17.2. The Hall–Kier alpha value is -2.21. The van der Waals surface area contributed by atoms with E-state index in [1.807, 2.05) is 4.90 Å². The van der Waals surface area contributed by atoms with Crippen LogP contribution in [0.15, 0.2) is 30.3 Å². The van der Waals surface area contributed by atoms with Crippen LogP contribution in [0, 0.1) is 5.41 Å². The lowest BCUT2D eigenvalue weighted by atomic mass is 9.71. The van der Waals surface area contributed by atoms with Gasteiger partial charge in [-0.25, -0.2) is 4.98 Å². The Morgan fingerprint density at radius 2 is 2.00 bits per heavy atom. The van der Waals surface area contributed by atoms with E-state index in [1.165, 1.54) is 5.56 Å². The highest BCUT2D eigenvalue weighted by molar-refractivity contribution is 5.74. The molecule has 6 heteroatoms. The van der Waals surface area contributed by atoms with Gasteiger partial charge < -0.3 is 4.90 Å². The van der Waals surface area contributed by atoms with Crippen LogP contribution in [0.5, 0.6) is 0 Å². The first-order chi connectivity index (χ1) is 12.5. The molecule has 1 atom stereocenters. The zero-order valence-electron chi connectivity index (χ0n) is 15.8. The van der Waals surface area contributed by atoms with Gasteiger partial charge in [-0.15, -0.1) is 0 Å². The zero-order chi connectivity index (χ0) is 18.3. The molecule has 2 aliphatic rings. The van der Waals surface area contributed by atoms with Crippen molar-refractivity contribution in [2.24, 2.45) is 5.41 Å². The highest BCUT2D eigenvalue weighted by atomic mass is 16.2. The van der Waals surface area contributed by atoms with Gasteiger partial charge in [-0.3, -0.25) is 14.8 Å². The topological polar surface area (TPSA) is 65.1 Å². The van der Waals surface area contributed by atoms with Crippen molar-refractivity contribution >= 4 is 5.91 Å². The SMILES string of the molecule is CC(=O)N1CC2(CN(Cc3ccccc3)CC2c2nc(C(C)C)n[nH]2)C1. The van der Waals surface area contributed by atoms with E-state index in [2.05, 4.69) is 59.3 Å². The van der Waals surface area contributed by atoms with E-state index in [0.717, 1.165) is 44.4 Å². The number of carbonyl (C=O) groups is 1. The fourth-order valence-corrected chi connectivity index (χ4v) is 4.37. The standard InChI is InChI=1S/C20H27N5O/c1-14(2)18-21-19(23-22-18)17-10-24(9-16-7-5-4-6-8-16)11-20(17)12-25(13-20)15(3)26/h4-8,14,17H,9-13H2,1-3H3,(H,21,22,23). The lowest BCUT2D eigenvalue weighted by Crippen LogP contribution is -2.61. The van der Waals surface area contributed by atoms with Crippen molar-refractivity contribution in [3.05, 3.63) is 47.5 Å². The van der Waals surface area contributed by atoms with Crippen molar-refractivity contribution in [2.45, 2.75) is 39.2 Å². The molecule has 138 valence electrons. The predicted octanol–water partition coefficient (Wildman–Crippen LogP) is 2.38. The van der Waals surface area contributed by atoms with Crippen molar-refractivity contribution in [1.29, 1.82) is 0 Å². The number of amides is 1. The molecule has 0 bridgehead atoms. The molecule has 0 saturated carbocycles. The van der Waals surface area contributed by atoms with E-state index >= 15 is 0 Å². The minimum Gasteiger partial charge on any atom is -0.342 e. The number of likely N-dealkylation sites (tertiary alicyclic amines) is 2. The fourth-order valence-electron chi connectivity index (χ4n) is 4.37. The Labute approximate surface area is 154 Å². The average molecular weight is 353 g/mol. The van der Waals surface area contributed by atoms with Crippen LogP contribution in [-0.2, 0) is 11.3 Å². The first-order valence-electron chi connectivity index (χ1n) is 9.41. The number of aromatic amines is 1. The monoisotopic (exact) mass is 353 g/mol. The van der Waals surface area contributed by atoms with Crippen molar-refractivity contribution in [1.82, 2.24) is 25.0 Å². The first-order valence-corrected chi connectivity index (χ1v) is 9.41. The Morgan fingerprint density at radius 1 is 1.27 bits per heavy atom. The summed E-state index contributed by atoms with van der Waals surface area (Å²) in [7, 11) is 0. The summed E-state index contributed by atoms with van der Waals surface area (Å²) < 4.78 is 0. The summed E-state index contributed by atoms with van der Waals surface area (Å²) in [6, 6.07) is 10.6. The van der Waals surface area contributed by atoms with Crippen molar-refractivity contribution in [3.8, 4) is 0 Å². The smallest absolute Gasteiger partial charge is 0.219 e. The molecule has 1 amide bonds. The van der Waals surface area contributed by atoms with E-state index in [9.17, 15) is 4.79 Å². The minimum atomic E-state index is 0.0915. The van der Waals surface area contributed by atoms with E-state index in [0.29, 0.717) is 11.8 Å². The van der Waals surface area contributed by atoms with Gasteiger partial charge in [0, 0.05) is 56.9 Å². The van der Waals surface area contributed by atoms with Gasteiger partial charge in [0.2, 0.25) is 5.91 Å². The number of benzene rings is 1. The number of H-pyrrole nitrogens is 1.